The first-order chi connectivity index (χ1) is 13.9. The van der Waals surface area contributed by atoms with Gasteiger partial charge in [-0.15, -0.1) is 0 Å². The molecule has 1 N–H and O–H groups in total. The number of aromatic hydroxyl groups is 1. The van der Waals surface area contributed by atoms with Crippen LogP contribution in [0.15, 0.2) is 18.3 Å². The summed E-state index contributed by atoms with van der Waals surface area (Å²) in [7, 11) is 1.49. The van der Waals surface area contributed by atoms with Gasteiger partial charge in [0.15, 0.2) is 17.2 Å². The summed E-state index contributed by atoms with van der Waals surface area (Å²) in [6.45, 7) is 8.20. The second-order valence-corrected chi connectivity index (χ2v) is 6.66. The Kier molecular flexibility index (Phi) is 5.46. The number of pyridine rings is 1. The minimum atomic E-state index is -0.529. The van der Waals surface area contributed by atoms with E-state index in [9.17, 15) is 15.2 Å². The lowest BCUT2D eigenvalue weighted by Crippen LogP contribution is -2.09. The van der Waals surface area contributed by atoms with Crippen LogP contribution in [0.3, 0.4) is 0 Å². The monoisotopic (exact) mass is 393 g/mol. The Hall–Kier alpha value is -3.53. The Morgan fingerprint density at radius 3 is 2.62 bits per heavy atom. The second-order valence-electron chi connectivity index (χ2n) is 6.66. The zero-order valence-corrected chi connectivity index (χ0v) is 17.2. The fourth-order valence-corrected chi connectivity index (χ4v) is 3.74. The predicted molar refractivity (Wildman–Crippen MR) is 109 cm³/mol. The number of hydrogen-bond acceptors (Lipinski definition) is 6. The molecule has 0 amide bonds. The molecule has 0 saturated heterocycles. The third-order valence-corrected chi connectivity index (χ3v) is 4.94. The molecule has 0 atom stereocenters. The molecule has 7 heteroatoms. The van der Waals surface area contributed by atoms with Gasteiger partial charge in [-0.05, 0) is 56.5 Å². The normalized spacial score (nSPS) is 10.8. The molecule has 29 heavy (non-hydrogen) atoms. The maximum atomic E-state index is 12.5. The Morgan fingerprint density at radius 2 is 2.03 bits per heavy atom. The van der Waals surface area contributed by atoms with E-state index in [1.807, 2.05) is 25.3 Å². The van der Waals surface area contributed by atoms with Crippen LogP contribution in [0.5, 0.6) is 11.5 Å². The number of methoxy groups -OCH3 is 1. The van der Waals surface area contributed by atoms with Crippen molar-refractivity contribution in [2.24, 2.45) is 0 Å². The predicted octanol–water partition coefficient (Wildman–Crippen LogP) is 4.10. The van der Waals surface area contributed by atoms with Crippen LogP contribution < -0.4 is 4.74 Å². The summed E-state index contributed by atoms with van der Waals surface area (Å²) in [4.78, 5) is 17.0. The third kappa shape index (κ3) is 3.27. The summed E-state index contributed by atoms with van der Waals surface area (Å²) >= 11 is 0. The number of rotatable bonds is 5. The molecule has 3 rings (SSSR count). The fraction of sp³-hybridized carbons (Fsp3) is 0.318. The van der Waals surface area contributed by atoms with E-state index in [2.05, 4.69) is 11.1 Å². The summed E-state index contributed by atoms with van der Waals surface area (Å²) in [6.07, 6.45) is 1.73. The van der Waals surface area contributed by atoms with Crippen LogP contribution in [0.2, 0.25) is 0 Å². The van der Waals surface area contributed by atoms with E-state index >= 15 is 0 Å². The number of benzene rings is 1. The summed E-state index contributed by atoms with van der Waals surface area (Å²) in [5, 5.41) is 20.6. The molecule has 0 spiro atoms. The average Bonchev–Trinajstić information content (AvgIpc) is 3.06. The van der Waals surface area contributed by atoms with Crippen LogP contribution in [0.25, 0.3) is 22.2 Å². The molecule has 0 aliphatic carbocycles. The van der Waals surface area contributed by atoms with Crippen LogP contribution in [0, 0.1) is 25.2 Å². The topological polar surface area (TPSA) is 97.4 Å². The fourth-order valence-electron chi connectivity index (χ4n) is 3.74. The number of aromatic nitrogens is 2. The van der Waals surface area contributed by atoms with E-state index < -0.39 is 5.97 Å². The number of carbonyl (C=O) groups excluding carboxylic acids is 1. The lowest BCUT2D eigenvalue weighted by Gasteiger charge is -2.17. The third-order valence-electron chi connectivity index (χ3n) is 4.94. The molecule has 2 heterocycles. The quantitative estimate of drug-likeness (QED) is 0.656. The first kappa shape index (κ1) is 20.2. The van der Waals surface area contributed by atoms with E-state index in [1.54, 1.807) is 25.3 Å². The van der Waals surface area contributed by atoms with Gasteiger partial charge in [0.05, 0.1) is 19.3 Å². The number of nitriles is 1. The lowest BCUT2D eigenvalue weighted by atomic mass is 9.91. The minimum absolute atomic E-state index is 0.0359. The Labute approximate surface area is 169 Å². The molecule has 150 valence electrons. The summed E-state index contributed by atoms with van der Waals surface area (Å²) in [5.74, 6) is -0.144. The first-order valence-corrected chi connectivity index (χ1v) is 9.36. The van der Waals surface area contributed by atoms with Crippen molar-refractivity contribution in [3.63, 3.8) is 0 Å². The van der Waals surface area contributed by atoms with Crippen molar-refractivity contribution < 1.29 is 19.4 Å². The Balaban J connectivity index is 2.48. The van der Waals surface area contributed by atoms with Crippen LogP contribution in [0.4, 0.5) is 0 Å². The zero-order chi connectivity index (χ0) is 21.3. The number of nitrogens with zero attached hydrogens (tertiary/aromatic N) is 3. The van der Waals surface area contributed by atoms with Crippen molar-refractivity contribution in [2.45, 2.75) is 34.2 Å². The van der Waals surface area contributed by atoms with Gasteiger partial charge in [-0.2, -0.15) is 5.26 Å². The van der Waals surface area contributed by atoms with Gasteiger partial charge >= 0.3 is 5.97 Å². The number of fused-ring (bicyclic) bond motifs is 1. The highest BCUT2D eigenvalue weighted by Gasteiger charge is 2.23. The SMILES string of the molecule is CCOC(=O)c1cc(-c2c(C)cc(O)c(OC)c2C)c2c(C#N)cn(CC)c2n1. The lowest BCUT2D eigenvalue weighted by molar-refractivity contribution is 0.0520. The van der Waals surface area contributed by atoms with E-state index in [0.29, 0.717) is 40.0 Å². The summed E-state index contributed by atoms with van der Waals surface area (Å²) in [6, 6.07) is 5.49. The molecule has 2 aromatic heterocycles. The Morgan fingerprint density at radius 1 is 1.31 bits per heavy atom. The van der Waals surface area contributed by atoms with Crippen LogP contribution >= 0.6 is 0 Å². The van der Waals surface area contributed by atoms with Crippen molar-refractivity contribution in [3.05, 3.63) is 40.7 Å². The van der Waals surface area contributed by atoms with E-state index in [1.165, 1.54) is 7.11 Å². The van der Waals surface area contributed by atoms with Crippen molar-refractivity contribution in [2.75, 3.05) is 13.7 Å². The van der Waals surface area contributed by atoms with Crippen LogP contribution in [-0.4, -0.2) is 34.3 Å². The van der Waals surface area contributed by atoms with Crippen LogP contribution in [-0.2, 0) is 11.3 Å². The van der Waals surface area contributed by atoms with Gasteiger partial charge in [0.1, 0.15) is 11.7 Å². The van der Waals surface area contributed by atoms with Crippen LogP contribution in [0.1, 0.15) is 41.0 Å². The maximum absolute atomic E-state index is 12.5. The molecule has 0 fully saturated rings. The van der Waals surface area contributed by atoms with Crippen molar-refractivity contribution in [1.82, 2.24) is 9.55 Å². The van der Waals surface area contributed by atoms with Gasteiger partial charge in [-0.1, -0.05) is 0 Å². The smallest absolute Gasteiger partial charge is 0.357 e. The molecule has 1 aromatic carbocycles. The van der Waals surface area contributed by atoms with Gasteiger partial charge in [0.2, 0.25) is 0 Å². The van der Waals surface area contributed by atoms with Crippen molar-refractivity contribution in [1.29, 1.82) is 5.26 Å². The second kappa shape index (κ2) is 7.84. The number of aryl methyl sites for hydroxylation is 2. The highest BCUT2D eigenvalue weighted by Crippen LogP contribution is 2.42. The molecule has 0 aliphatic rings. The van der Waals surface area contributed by atoms with E-state index in [-0.39, 0.29) is 18.1 Å². The molecule has 0 aliphatic heterocycles. The number of phenolic OH excluding ortho intramolecular Hbond substituents is 1. The highest BCUT2D eigenvalue weighted by molar-refractivity contribution is 6.03. The minimum Gasteiger partial charge on any atom is -0.504 e. The summed E-state index contributed by atoms with van der Waals surface area (Å²) < 4.78 is 12.4. The van der Waals surface area contributed by atoms with Crippen molar-refractivity contribution in [3.8, 4) is 28.7 Å². The number of esters is 1. The van der Waals surface area contributed by atoms with Gasteiger partial charge < -0.3 is 19.1 Å². The number of carbonyl (C=O) groups is 1. The molecule has 0 radical (unpaired) electrons. The molecular formula is C22H23N3O4. The van der Waals surface area contributed by atoms with Gasteiger partial charge in [-0.25, -0.2) is 9.78 Å². The van der Waals surface area contributed by atoms with E-state index in [0.717, 1.165) is 11.1 Å². The average molecular weight is 393 g/mol. The maximum Gasteiger partial charge on any atom is 0.357 e. The largest absolute Gasteiger partial charge is 0.504 e. The molecule has 0 unspecified atom stereocenters. The van der Waals surface area contributed by atoms with Crippen molar-refractivity contribution >= 4 is 17.0 Å². The molecule has 3 aromatic rings. The zero-order valence-electron chi connectivity index (χ0n) is 17.2. The molecule has 0 bridgehead atoms. The number of ether oxygens (including phenoxy) is 2. The standard InChI is InChI=1S/C22H23N3O4/c1-6-25-11-14(10-23)19-15(9-16(24-21(19)25)22(27)29-7-2)18-12(3)8-17(26)20(28-5)13(18)4/h8-9,11,26H,6-7H2,1-5H3. The van der Waals surface area contributed by atoms with Gasteiger partial charge in [0.25, 0.3) is 0 Å². The van der Waals surface area contributed by atoms with E-state index in [4.69, 9.17) is 9.47 Å². The highest BCUT2D eigenvalue weighted by atomic mass is 16.5. The Bertz CT molecular complexity index is 1160. The summed E-state index contributed by atoms with van der Waals surface area (Å²) in [5.41, 5.74) is 4.12. The molecule has 0 saturated carbocycles. The number of phenols is 1. The first-order valence-electron chi connectivity index (χ1n) is 9.36. The number of hydrogen-bond donors (Lipinski definition) is 1. The van der Waals surface area contributed by atoms with Gasteiger partial charge in [0, 0.05) is 23.7 Å². The molecule has 7 nitrogen and oxygen atoms in total. The molecular weight excluding hydrogens is 370 g/mol. The van der Waals surface area contributed by atoms with Gasteiger partial charge in [-0.3, -0.25) is 0 Å².